The highest BCUT2D eigenvalue weighted by molar-refractivity contribution is 8.15. The minimum Gasteiger partial charge on any atom is -0.252 e. The molecule has 0 saturated carbocycles. The van der Waals surface area contributed by atoms with Crippen LogP contribution in [-0.4, -0.2) is 12.0 Å². The average Bonchev–Trinajstić information content (AvgIpc) is 2.05. The Morgan fingerprint density at radius 3 is 2.92 bits per heavy atom. The number of fused-ring (bicyclic) bond motifs is 1. The molecule has 12 heavy (non-hydrogen) atoms. The van der Waals surface area contributed by atoms with Crippen LogP contribution >= 0.6 is 10.9 Å². The third kappa shape index (κ3) is 1.51. The number of rotatable bonds is 0. The predicted molar refractivity (Wildman–Crippen MR) is 58.4 cm³/mol. The SMILES string of the molecule is Cc1ccc2c(c1)CC[SH](C)C2. The van der Waals surface area contributed by atoms with Crippen molar-refractivity contribution >= 4 is 10.9 Å². The summed E-state index contributed by atoms with van der Waals surface area (Å²) >= 11 is 0. The van der Waals surface area contributed by atoms with Gasteiger partial charge in [-0.15, -0.1) is 0 Å². The molecule has 1 aromatic carbocycles. The van der Waals surface area contributed by atoms with E-state index in [9.17, 15) is 0 Å². The Balaban J connectivity index is 2.37. The van der Waals surface area contributed by atoms with E-state index < -0.39 is 0 Å². The maximum Gasteiger partial charge on any atom is 0.000113 e. The van der Waals surface area contributed by atoms with E-state index in [-0.39, 0.29) is 0 Å². The van der Waals surface area contributed by atoms with Gasteiger partial charge < -0.3 is 0 Å². The van der Waals surface area contributed by atoms with Crippen molar-refractivity contribution in [1.82, 2.24) is 0 Å². The zero-order valence-electron chi connectivity index (χ0n) is 7.80. The summed E-state index contributed by atoms with van der Waals surface area (Å²) in [4.78, 5) is 0. The highest BCUT2D eigenvalue weighted by Gasteiger charge is 2.11. The molecule has 0 bridgehead atoms. The van der Waals surface area contributed by atoms with Gasteiger partial charge >= 0.3 is 0 Å². The van der Waals surface area contributed by atoms with Crippen LogP contribution in [-0.2, 0) is 12.2 Å². The smallest absolute Gasteiger partial charge is 0.000113 e. The highest BCUT2D eigenvalue weighted by Crippen LogP contribution is 2.34. The molecule has 1 aliphatic heterocycles. The lowest BCUT2D eigenvalue weighted by Crippen LogP contribution is -2.06. The topological polar surface area (TPSA) is 0 Å². The van der Waals surface area contributed by atoms with Crippen molar-refractivity contribution in [3.63, 3.8) is 0 Å². The molecule has 0 aromatic heterocycles. The number of aryl methyl sites for hydroxylation is 2. The first-order valence-corrected chi connectivity index (χ1v) is 6.68. The quantitative estimate of drug-likeness (QED) is 0.583. The van der Waals surface area contributed by atoms with Crippen molar-refractivity contribution in [3.8, 4) is 0 Å². The minimum absolute atomic E-state index is 0.312. The fraction of sp³-hybridized carbons (Fsp3) is 0.455. The number of hydrogen-bond acceptors (Lipinski definition) is 0. The van der Waals surface area contributed by atoms with E-state index in [2.05, 4.69) is 31.4 Å². The van der Waals surface area contributed by atoms with Gasteiger partial charge in [-0.05, 0) is 36.5 Å². The van der Waals surface area contributed by atoms with Crippen LogP contribution in [0.4, 0.5) is 0 Å². The molecule has 0 fully saturated rings. The third-order valence-corrected chi connectivity index (χ3v) is 4.43. The van der Waals surface area contributed by atoms with Crippen molar-refractivity contribution in [2.75, 3.05) is 12.0 Å². The summed E-state index contributed by atoms with van der Waals surface area (Å²) in [6, 6.07) is 6.92. The molecule has 1 heteroatoms. The molecule has 1 atom stereocenters. The Kier molecular flexibility index (Phi) is 2.14. The summed E-state index contributed by atoms with van der Waals surface area (Å²) in [6.07, 6.45) is 3.73. The molecule has 0 spiro atoms. The van der Waals surface area contributed by atoms with Gasteiger partial charge in [-0.2, -0.15) is 0 Å². The minimum atomic E-state index is 0.312. The Hall–Kier alpha value is -0.430. The molecule has 2 rings (SSSR count). The first-order chi connectivity index (χ1) is 5.75. The van der Waals surface area contributed by atoms with Gasteiger partial charge in [-0.3, -0.25) is 10.9 Å². The molecule has 1 heterocycles. The van der Waals surface area contributed by atoms with Crippen molar-refractivity contribution in [2.45, 2.75) is 19.1 Å². The molecule has 0 nitrogen and oxygen atoms in total. The monoisotopic (exact) mass is 180 g/mol. The van der Waals surface area contributed by atoms with Crippen LogP contribution in [0.25, 0.3) is 0 Å². The van der Waals surface area contributed by atoms with Crippen LogP contribution in [0.1, 0.15) is 16.7 Å². The van der Waals surface area contributed by atoms with Gasteiger partial charge in [0.2, 0.25) is 0 Å². The summed E-state index contributed by atoms with van der Waals surface area (Å²) < 4.78 is 0. The van der Waals surface area contributed by atoms with E-state index >= 15 is 0 Å². The lowest BCUT2D eigenvalue weighted by atomic mass is 10.0. The molecule has 0 aliphatic carbocycles. The Labute approximate surface area is 77.3 Å². The van der Waals surface area contributed by atoms with E-state index in [4.69, 9.17) is 0 Å². The molecular weight excluding hydrogens is 164 g/mol. The van der Waals surface area contributed by atoms with E-state index in [1.807, 2.05) is 0 Å². The van der Waals surface area contributed by atoms with Gasteiger partial charge in [0.05, 0.1) is 0 Å². The van der Waals surface area contributed by atoms with Crippen molar-refractivity contribution in [3.05, 3.63) is 34.9 Å². The molecule has 1 aromatic rings. The molecule has 0 amide bonds. The number of benzene rings is 1. The predicted octanol–water partition coefficient (Wildman–Crippen LogP) is 2.68. The Morgan fingerprint density at radius 2 is 2.08 bits per heavy atom. The highest BCUT2D eigenvalue weighted by atomic mass is 32.2. The lowest BCUT2D eigenvalue weighted by molar-refractivity contribution is 1.07. The fourth-order valence-corrected chi connectivity index (χ4v) is 3.49. The second-order valence-corrected chi connectivity index (χ2v) is 6.24. The zero-order valence-corrected chi connectivity index (χ0v) is 8.70. The summed E-state index contributed by atoms with van der Waals surface area (Å²) in [7, 11) is 0.312. The molecule has 0 radical (unpaired) electrons. The molecule has 0 saturated heterocycles. The summed E-state index contributed by atoms with van der Waals surface area (Å²) in [6.45, 7) is 2.18. The van der Waals surface area contributed by atoms with Gasteiger partial charge in [0.1, 0.15) is 0 Å². The first kappa shape index (κ1) is 8.18. The third-order valence-electron chi connectivity index (χ3n) is 2.56. The maximum absolute atomic E-state index is 2.41. The summed E-state index contributed by atoms with van der Waals surface area (Å²) in [5.41, 5.74) is 4.63. The zero-order chi connectivity index (χ0) is 8.55. The lowest BCUT2D eigenvalue weighted by Gasteiger charge is -2.24. The largest absolute Gasteiger partial charge is 0.252 e. The van der Waals surface area contributed by atoms with Crippen LogP contribution in [0.2, 0.25) is 0 Å². The van der Waals surface area contributed by atoms with E-state index in [0.29, 0.717) is 10.9 Å². The average molecular weight is 180 g/mol. The Bertz CT molecular complexity index is 291. The second kappa shape index (κ2) is 3.14. The van der Waals surface area contributed by atoms with Crippen molar-refractivity contribution < 1.29 is 0 Å². The van der Waals surface area contributed by atoms with Gasteiger partial charge in [0, 0.05) is 5.75 Å². The van der Waals surface area contributed by atoms with E-state index in [1.165, 1.54) is 23.5 Å². The van der Waals surface area contributed by atoms with Gasteiger partial charge in [0.15, 0.2) is 0 Å². The normalized spacial score (nSPS) is 25.0. The summed E-state index contributed by atoms with van der Waals surface area (Å²) in [5.74, 6) is 2.79. The number of thiol groups is 1. The van der Waals surface area contributed by atoms with Crippen LogP contribution in [0.5, 0.6) is 0 Å². The van der Waals surface area contributed by atoms with E-state index in [0.717, 1.165) is 0 Å². The molecule has 66 valence electrons. The van der Waals surface area contributed by atoms with Crippen LogP contribution < -0.4 is 0 Å². The second-order valence-electron chi connectivity index (χ2n) is 3.76. The molecule has 1 unspecified atom stereocenters. The standard InChI is InChI=1S/C11H16S/c1-9-3-4-11-8-12(2)6-5-10(11)7-9/h3-4,7,12H,5-6,8H2,1-2H3. The van der Waals surface area contributed by atoms with Gasteiger partial charge in [0.25, 0.3) is 0 Å². The summed E-state index contributed by atoms with van der Waals surface area (Å²) in [5, 5.41) is 0. The molecular formula is C11H16S. The number of hydrogen-bond donors (Lipinski definition) is 1. The molecule has 1 aliphatic rings. The molecule has 0 N–H and O–H groups in total. The fourth-order valence-electron chi connectivity index (χ4n) is 1.82. The van der Waals surface area contributed by atoms with Crippen LogP contribution in [0.3, 0.4) is 0 Å². The van der Waals surface area contributed by atoms with Crippen LogP contribution in [0.15, 0.2) is 18.2 Å². The Morgan fingerprint density at radius 1 is 1.25 bits per heavy atom. The first-order valence-electron chi connectivity index (χ1n) is 4.52. The van der Waals surface area contributed by atoms with Crippen LogP contribution in [0, 0.1) is 6.92 Å². The van der Waals surface area contributed by atoms with Crippen molar-refractivity contribution in [1.29, 1.82) is 0 Å². The van der Waals surface area contributed by atoms with Gasteiger partial charge in [-0.1, -0.05) is 23.8 Å². The van der Waals surface area contributed by atoms with Gasteiger partial charge in [-0.25, -0.2) is 0 Å². The van der Waals surface area contributed by atoms with E-state index in [1.54, 1.807) is 11.1 Å². The van der Waals surface area contributed by atoms with Crippen molar-refractivity contribution in [2.24, 2.45) is 0 Å². The maximum atomic E-state index is 2.41.